The van der Waals surface area contributed by atoms with Crippen LogP contribution in [-0.4, -0.2) is 31.1 Å². The van der Waals surface area contributed by atoms with Crippen LogP contribution in [0.25, 0.3) is 6.08 Å². The van der Waals surface area contributed by atoms with Gasteiger partial charge in [-0.1, -0.05) is 24.1 Å². The Morgan fingerprint density at radius 3 is 2.60 bits per heavy atom. The van der Waals surface area contributed by atoms with Crippen LogP contribution in [0.5, 0.6) is 11.5 Å². The fourth-order valence-corrected chi connectivity index (χ4v) is 2.95. The van der Waals surface area contributed by atoms with Crippen LogP contribution in [0, 0.1) is 19.3 Å². The van der Waals surface area contributed by atoms with Gasteiger partial charge in [-0.15, -0.1) is 6.42 Å². The second-order valence-electron chi connectivity index (χ2n) is 6.43. The normalized spacial score (nSPS) is 15.0. The molecule has 0 aliphatic carbocycles. The summed E-state index contributed by atoms with van der Waals surface area (Å²) in [7, 11) is 0. The Morgan fingerprint density at radius 2 is 1.90 bits per heavy atom. The number of terminal acetylenes is 1. The SMILES string of the molecule is C#CCOc1ccc(/C=C2\C(=O)NC(=O)N(c3cccc(C)c3)C2=O)cc1OCC. The maximum absolute atomic E-state index is 13.0. The summed E-state index contributed by atoms with van der Waals surface area (Å²) in [6.07, 6.45) is 6.63. The number of ether oxygens (including phenoxy) is 2. The molecule has 3 rings (SSSR count). The van der Waals surface area contributed by atoms with Gasteiger partial charge in [0.2, 0.25) is 0 Å². The molecule has 152 valence electrons. The van der Waals surface area contributed by atoms with Gasteiger partial charge in [0.15, 0.2) is 11.5 Å². The minimum absolute atomic E-state index is 0.0783. The summed E-state index contributed by atoms with van der Waals surface area (Å²) < 4.78 is 11.0. The van der Waals surface area contributed by atoms with Crippen molar-refractivity contribution in [2.24, 2.45) is 0 Å². The van der Waals surface area contributed by atoms with E-state index in [1.807, 2.05) is 19.9 Å². The maximum Gasteiger partial charge on any atom is 0.335 e. The first-order valence-corrected chi connectivity index (χ1v) is 9.25. The zero-order valence-electron chi connectivity index (χ0n) is 16.6. The number of barbiturate groups is 1. The van der Waals surface area contributed by atoms with Gasteiger partial charge < -0.3 is 9.47 Å². The number of nitrogens with one attached hydrogen (secondary N) is 1. The fourth-order valence-electron chi connectivity index (χ4n) is 2.95. The van der Waals surface area contributed by atoms with Crippen molar-refractivity contribution in [3.8, 4) is 23.8 Å². The number of urea groups is 1. The Balaban J connectivity index is 1.98. The number of anilines is 1. The molecule has 30 heavy (non-hydrogen) atoms. The standard InChI is InChI=1S/C23H20N2O5/c1-4-11-30-19-10-9-16(14-20(19)29-5-2)13-18-21(26)24-23(28)25(22(18)27)17-8-6-7-15(3)12-17/h1,6-10,12-14H,5,11H2,2-3H3,(H,24,26,28)/b18-13+. The van der Waals surface area contributed by atoms with Crippen molar-refractivity contribution in [1.29, 1.82) is 0 Å². The van der Waals surface area contributed by atoms with Gasteiger partial charge in [0, 0.05) is 0 Å². The van der Waals surface area contributed by atoms with Crippen molar-refractivity contribution < 1.29 is 23.9 Å². The zero-order chi connectivity index (χ0) is 21.7. The number of amides is 4. The average Bonchev–Trinajstić information content (AvgIpc) is 2.70. The summed E-state index contributed by atoms with van der Waals surface area (Å²) in [4.78, 5) is 38.6. The second kappa shape index (κ2) is 8.97. The summed E-state index contributed by atoms with van der Waals surface area (Å²) in [5, 5.41) is 2.21. The molecule has 0 bridgehead atoms. The zero-order valence-corrected chi connectivity index (χ0v) is 16.6. The molecule has 0 atom stereocenters. The molecule has 0 spiro atoms. The highest BCUT2D eigenvalue weighted by molar-refractivity contribution is 6.39. The third-order valence-electron chi connectivity index (χ3n) is 4.25. The third-order valence-corrected chi connectivity index (χ3v) is 4.25. The minimum atomic E-state index is -0.791. The molecule has 7 nitrogen and oxygen atoms in total. The lowest BCUT2D eigenvalue weighted by molar-refractivity contribution is -0.122. The molecule has 1 heterocycles. The van der Waals surface area contributed by atoms with Crippen LogP contribution in [0.3, 0.4) is 0 Å². The van der Waals surface area contributed by atoms with Gasteiger partial charge in [0.25, 0.3) is 11.8 Å². The quantitative estimate of drug-likeness (QED) is 0.454. The van der Waals surface area contributed by atoms with Crippen LogP contribution in [0.15, 0.2) is 48.0 Å². The highest BCUT2D eigenvalue weighted by Gasteiger charge is 2.36. The lowest BCUT2D eigenvalue weighted by Gasteiger charge is -2.26. The largest absolute Gasteiger partial charge is 0.490 e. The fraction of sp³-hybridized carbons (Fsp3) is 0.174. The molecule has 7 heteroatoms. The van der Waals surface area contributed by atoms with Crippen LogP contribution in [0.1, 0.15) is 18.1 Å². The molecule has 0 unspecified atom stereocenters. The Kier molecular flexibility index (Phi) is 6.18. The smallest absolute Gasteiger partial charge is 0.335 e. The van der Waals surface area contributed by atoms with Crippen LogP contribution in [0.2, 0.25) is 0 Å². The number of hydrogen-bond donors (Lipinski definition) is 1. The third kappa shape index (κ3) is 4.33. The van der Waals surface area contributed by atoms with Crippen molar-refractivity contribution in [3.63, 3.8) is 0 Å². The highest BCUT2D eigenvalue weighted by Crippen LogP contribution is 2.30. The number of nitrogens with zero attached hydrogens (tertiary/aromatic N) is 1. The first kappa shape index (κ1) is 20.7. The number of imide groups is 2. The second-order valence-corrected chi connectivity index (χ2v) is 6.43. The first-order chi connectivity index (χ1) is 14.4. The molecule has 1 saturated heterocycles. The van der Waals surface area contributed by atoms with E-state index in [1.54, 1.807) is 36.4 Å². The van der Waals surface area contributed by atoms with E-state index in [4.69, 9.17) is 15.9 Å². The molecule has 0 saturated carbocycles. The predicted octanol–water partition coefficient (Wildman–Crippen LogP) is 3.07. The van der Waals surface area contributed by atoms with E-state index < -0.39 is 17.8 Å². The molecule has 1 aliphatic heterocycles. The Labute approximate surface area is 174 Å². The first-order valence-electron chi connectivity index (χ1n) is 9.25. The lowest BCUT2D eigenvalue weighted by Crippen LogP contribution is -2.54. The summed E-state index contributed by atoms with van der Waals surface area (Å²) in [6.45, 7) is 4.13. The van der Waals surface area contributed by atoms with E-state index in [9.17, 15) is 14.4 Å². The number of benzene rings is 2. The number of aryl methyl sites for hydroxylation is 1. The van der Waals surface area contributed by atoms with Gasteiger partial charge in [-0.3, -0.25) is 14.9 Å². The summed E-state index contributed by atoms with van der Waals surface area (Å²) in [6, 6.07) is 11.0. The van der Waals surface area contributed by atoms with E-state index in [-0.39, 0.29) is 12.2 Å². The van der Waals surface area contributed by atoms with Gasteiger partial charge in [-0.2, -0.15) is 0 Å². The molecule has 1 N–H and O–H groups in total. The van der Waals surface area contributed by atoms with E-state index in [1.165, 1.54) is 6.08 Å². The monoisotopic (exact) mass is 404 g/mol. The Morgan fingerprint density at radius 1 is 1.10 bits per heavy atom. The molecule has 1 aliphatic rings. The molecular weight excluding hydrogens is 384 g/mol. The van der Waals surface area contributed by atoms with Gasteiger partial charge >= 0.3 is 6.03 Å². The van der Waals surface area contributed by atoms with Gasteiger partial charge in [0.05, 0.1) is 12.3 Å². The molecule has 0 aromatic heterocycles. The van der Waals surface area contributed by atoms with Crippen molar-refractivity contribution in [3.05, 3.63) is 59.2 Å². The van der Waals surface area contributed by atoms with Crippen LogP contribution >= 0.6 is 0 Å². The average molecular weight is 404 g/mol. The maximum atomic E-state index is 13.0. The number of carbonyl (C=O) groups is 3. The number of hydrogen-bond acceptors (Lipinski definition) is 5. The van der Waals surface area contributed by atoms with Crippen molar-refractivity contribution in [2.45, 2.75) is 13.8 Å². The number of rotatable bonds is 6. The molecular formula is C23H20N2O5. The van der Waals surface area contributed by atoms with Crippen LogP contribution in [-0.2, 0) is 9.59 Å². The van der Waals surface area contributed by atoms with E-state index in [2.05, 4.69) is 11.2 Å². The summed E-state index contributed by atoms with van der Waals surface area (Å²) in [5.41, 5.74) is 1.61. The minimum Gasteiger partial charge on any atom is -0.490 e. The Bertz CT molecular complexity index is 1080. The van der Waals surface area contributed by atoms with E-state index >= 15 is 0 Å². The Hall–Kier alpha value is -4.05. The van der Waals surface area contributed by atoms with E-state index in [0.717, 1.165) is 10.5 Å². The predicted molar refractivity (Wildman–Crippen MR) is 112 cm³/mol. The van der Waals surface area contributed by atoms with Gasteiger partial charge in [0.1, 0.15) is 12.2 Å². The lowest BCUT2D eigenvalue weighted by atomic mass is 10.1. The van der Waals surface area contributed by atoms with Gasteiger partial charge in [-0.25, -0.2) is 9.69 Å². The van der Waals surface area contributed by atoms with Crippen LogP contribution in [0.4, 0.5) is 10.5 Å². The van der Waals surface area contributed by atoms with Gasteiger partial charge in [-0.05, 0) is 55.3 Å². The number of carbonyl (C=O) groups excluding carboxylic acids is 3. The van der Waals surface area contributed by atoms with Crippen molar-refractivity contribution >= 4 is 29.6 Å². The summed E-state index contributed by atoms with van der Waals surface area (Å²) >= 11 is 0. The van der Waals surface area contributed by atoms with Crippen molar-refractivity contribution in [2.75, 3.05) is 18.1 Å². The molecule has 4 amide bonds. The molecule has 2 aromatic rings. The topological polar surface area (TPSA) is 84.9 Å². The van der Waals surface area contributed by atoms with E-state index in [0.29, 0.717) is 29.4 Å². The van der Waals surface area contributed by atoms with Crippen molar-refractivity contribution in [1.82, 2.24) is 5.32 Å². The molecule has 2 aromatic carbocycles. The molecule has 1 fully saturated rings. The highest BCUT2D eigenvalue weighted by atomic mass is 16.5. The molecule has 0 radical (unpaired) electrons. The summed E-state index contributed by atoms with van der Waals surface area (Å²) in [5.74, 6) is 1.79. The van der Waals surface area contributed by atoms with Crippen LogP contribution < -0.4 is 19.7 Å².